The summed E-state index contributed by atoms with van der Waals surface area (Å²) in [6, 6.07) is 5.95. The van der Waals surface area contributed by atoms with Crippen LogP contribution in [0.5, 0.6) is 0 Å². The van der Waals surface area contributed by atoms with Crippen molar-refractivity contribution in [3.05, 3.63) is 24.0 Å². The molecule has 0 radical (unpaired) electrons. The lowest BCUT2D eigenvalue weighted by molar-refractivity contribution is 0.122. The zero-order chi connectivity index (χ0) is 18.6. The van der Waals surface area contributed by atoms with E-state index in [4.69, 9.17) is 4.74 Å². The first-order valence-electron chi connectivity index (χ1n) is 9.96. The molecule has 2 fully saturated rings. The van der Waals surface area contributed by atoms with Crippen LogP contribution in [-0.4, -0.2) is 62.1 Å². The minimum atomic E-state index is -0.235. The summed E-state index contributed by atoms with van der Waals surface area (Å²) in [6.07, 6.45) is 6.96. The Morgan fingerprint density at radius 2 is 1.96 bits per heavy atom. The van der Waals surface area contributed by atoms with Gasteiger partial charge in [0.25, 0.3) is 0 Å². The van der Waals surface area contributed by atoms with Crippen LogP contribution in [0, 0.1) is 5.82 Å². The summed E-state index contributed by atoms with van der Waals surface area (Å²) >= 11 is 0. The molecule has 1 saturated carbocycles. The second-order valence-corrected chi connectivity index (χ2v) is 7.57. The van der Waals surface area contributed by atoms with Crippen LogP contribution in [-0.2, 0) is 4.74 Å². The molecule has 27 heavy (non-hydrogen) atoms. The summed E-state index contributed by atoms with van der Waals surface area (Å²) in [4.78, 5) is 13.5. The maximum absolute atomic E-state index is 14.6. The monoisotopic (exact) mass is 373 g/mol. The first-order valence-corrected chi connectivity index (χ1v) is 9.96. The molecule has 1 saturated heterocycles. The average Bonchev–Trinajstić information content (AvgIpc) is 3.14. The third-order valence-electron chi connectivity index (χ3n) is 5.50. The predicted octanol–water partition coefficient (Wildman–Crippen LogP) is 3.11. The molecule has 1 aromatic carbocycles. The normalized spacial score (nSPS) is 24.1. The Bertz CT molecular complexity index is 710. The van der Waals surface area contributed by atoms with Crippen LogP contribution in [0.3, 0.4) is 0 Å². The van der Waals surface area contributed by atoms with E-state index in [0.717, 1.165) is 19.6 Å². The molecule has 0 amide bonds. The molecule has 1 N–H and O–H groups in total. The smallest absolute Gasteiger partial charge is 0.224 e. The molecule has 146 valence electrons. The Balaban J connectivity index is 1.44. The fourth-order valence-corrected chi connectivity index (χ4v) is 4.08. The number of morpholine rings is 1. The van der Waals surface area contributed by atoms with E-state index in [2.05, 4.69) is 27.1 Å². The zero-order valence-electron chi connectivity index (χ0n) is 15.9. The number of nitrogens with one attached hydrogen (secondary N) is 1. The van der Waals surface area contributed by atoms with Gasteiger partial charge < -0.3 is 19.9 Å². The van der Waals surface area contributed by atoms with Crippen LogP contribution < -0.4 is 10.2 Å². The van der Waals surface area contributed by atoms with E-state index < -0.39 is 0 Å². The fourth-order valence-electron chi connectivity index (χ4n) is 4.08. The molecule has 2 heterocycles. The number of guanidine groups is 1. The van der Waals surface area contributed by atoms with E-state index in [9.17, 15) is 4.39 Å². The molecule has 7 heteroatoms. The maximum atomic E-state index is 14.6. The van der Waals surface area contributed by atoms with E-state index in [-0.39, 0.29) is 11.9 Å². The Morgan fingerprint density at radius 1 is 1.19 bits per heavy atom. The van der Waals surface area contributed by atoms with Gasteiger partial charge in [0.05, 0.1) is 31.3 Å². The van der Waals surface area contributed by atoms with Gasteiger partial charge in [0.1, 0.15) is 5.82 Å². The van der Waals surface area contributed by atoms with E-state index >= 15 is 0 Å². The molecular weight excluding hydrogens is 345 g/mol. The molecule has 1 unspecified atom stereocenters. The Labute approximate surface area is 160 Å². The van der Waals surface area contributed by atoms with Gasteiger partial charge in [-0.15, -0.1) is 0 Å². The topological polar surface area (TPSA) is 52.5 Å². The summed E-state index contributed by atoms with van der Waals surface area (Å²) in [7, 11) is 0. The van der Waals surface area contributed by atoms with Crippen molar-refractivity contribution >= 4 is 23.7 Å². The number of ether oxygens (including phenoxy) is 1. The van der Waals surface area contributed by atoms with Crippen LogP contribution in [0.4, 0.5) is 15.8 Å². The second-order valence-electron chi connectivity index (χ2n) is 7.57. The zero-order valence-corrected chi connectivity index (χ0v) is 15.9. The van der Waals surface area contributed by atoms with Crippen molar-refractivity contribution in [2.24, 2.45) is 9.98 Å². The highest BCUT2D eigenvalue weighted by Crippen LogP contribution is 2.25. The summed E-state index contributed by atoms with van der Waals surface area (Å²) in [6.45, 7) is 5.69. The molecule has 0 spiro atoms. The SMILES string of the molecule is CC1CN(C2CCCC2)C=NC(Nc2ccc(N3CCOCC3)c(F)c2)=N1. The number of hydrogen-bond donors (Lipinski definition) is 1. The minimum Gasteiger partial charge on any atom is -0.378 e. The highest BCUT2D eigenvalue weighted by atomic mass is 19.1. The van der Waals surface area contributed by atoms with E-state index in [1.165, 1.54) is 31.7 Å². The summed E-state index contributed by atoms with van der Waals surface area (Å²) in [5, 5.41) is 3.18. The number of halogens is 1. The quantitative estimate of drug-likeness (QED) is 0.885. The van der Waals surface area contributed by atoms with Gasteiger partial charge in [0, 0.05) is 31.4 Å². The van der Waals surface area contributed by atoms with Gasteiger partial charge in [0.2, 0.25) is 5.96 Å². The molecule has 4 rings (SSSR count). The van der Waals surface area contributed by atoms with E-state index in [1.807, 2.05) is 23.4 Å². The number of aliphatic imine (C=N–C) groups is 2. The van der Waals surface area contributed by atoms with Crippen LogP contribution in [0.2, 0.25) is 0 Å². The highest BCUT2D eigenvalue weighted by Gasteiger charge is 2.23. The molecule has 1 atom stereocenters. The highest BCUT2D eigenvalue weighted by molar-refractivity contribution is 5.98. The van der Waals surface area contributed by atoms with Gasteiger partial charge in [0.15, 0.2) is 0 Å². The van der Waals surface area contributed by atoms with Gasteiger partial charge in [-0.25, -0.2) is 14.4 Å². The number of nitrogens with zero attached hydrogens (tertiary/aromatic N) is 4. The summed E-state index contributed by atoms with van der Waals surface area (Å²) in [5.74, 6) is 0.308. The van der Waals surface area contributed by atoms with E-state index in [0.29, 0.717) is 36.6 Å². The Morgan fingerprint density at radius 3 is 2.70 bits per heavy atom. The predicted molar refractivity (Wildman–Crippen MR) is 107 cm³/mol. The molecule has 0 aromatic heterocycles. The third-order valence-corrected chi connectivity index (χ3v) is 5.50. The van der Waals surface area contributed by atoms with Crippen molar-refractivity contribution in [1.29, 1.82) is 0 Å². The average molecular weight is 373 g/mol. The first-order chi connectivity index (χ1) is 13.2. The van der Waals surface area contributed by atoms with Crippen molar-refractivity contribution in [2.75, 3.05) is 43.1 Å². The van der Waals surface area contributed by atoms with Crippen molar-refractivity contribution in [3.63, 3.8) is 0 Å². The van der Waals surface area contributed by atoms with Crippen molar-refractivity contribution in [2.45, 2.75) is 44.7 Å². The molecular formula is C20H28FN5O. The van der Waals surface area contributed by atoms with Gasteiger partial charge in [-0.1, -0.05) is 12.8 Å². The van der Waals surface area contributed by atoms with Gasteiger partial charge >= 0.3 is 0 Å². The molecule has 3 aliphatic rings. The Kier molecular flexibility index (Phi) is 5.57. The standard InChI is InChI=1S/C20H28FN5O/c1-15-13-26(17-4-2-3-5-17)14-22-20(23-15)24-16-6-7-19(18(21)12-16)25-8-10-27-11-9-25/h6-7,12,14-15,17H,2-5,8-11,13H2,1H3,(H,23,24). The number of rotatable bonds is 3. The fraction of sp³-hybridized carbons (Fsp3) is 0.600. The lowest BCUT2D eigenvalue weighted by Crippen LogP contribution is -2.36. The van der Waals surface area contributed by atoms with Crippen molar-refractivity contribution in [1.82, 2.24) is 4.90 Å². The lowest BCUT2D eigenvalue weighted by atomic mass is 10.2. The first kappa shape index (κ1) is 18.2. The number of benzene rings is 1. The van der Waals surface area contributed by atoms with E-state index in [1.54, 1.807) is 0 Å². The summed E-state index contributed by atoms with van der Waals surface area (Å²) in [5.41, 5.74) is 1.29. The number of anilines is 2. The van der Waals surface area contributed by atoms with Crippen molar-refractivity contribution in [3.8, 4) is 0 Å². The van der Waals surface area contributed by atoms with Crippen molar-refractivity contribution < 1.29 is 9.13 Å². The summed E-state index contributed by atoms with van der Waals surface area (Å²) < 4.78 is 19.9. The van der Waals surface area contributed by atoms with Crippen LogP contribution in [0.1, 0.15) is 32.6 Å². The molecule has 2 aliphatic heterocycles. The lowest BCUT2D eigenvalue weighted by Gasteiger charge is -2.29. The molecule has 1 aromatic rings. The van der Waals surface area contributed by atoms with Crippen LogP contribution >= 0.6 is 0 Å². The maximum Gasteiger partial charge on any atom is 0.224 e. The molecule has 0 bridgehead atoms. The van der Waals surface area contributed by atoms with Gasteiger partial charge in [-0.2, -0.15) is 0 Å². The van der Waals surface area contributed by atoms with Gasteiger partial charge in [-0.3, -0.25) is 0 Å². The van der Waals surface area contributed by atoms with Gasteiger partial charge in [-0.05, 0) is 38.0 Å². The number of hydrogen-bond acceptors (Lipinski definition) is 6. The second kappa shape index (κ2) is 8.25. The largest absolute Gasteiger partial charge is 0.378 e. The minimum absolute atomic E-state index is 0.146. The van der Waals surface area contributed by atoms with Crippen LogP contribution in [0.15, 0.2) is 28.2 Å². The third kappa shape index (κ3) is 4.40. The molecule has 1 aliphatic carbocycles. The molecule has 6 nitrogen and oxygen atoms in total. The van der Waals surface area contributed by atoms with Crippen LogP contribution in [0.25, 0.3) is 0 Å². The Hall–Kier alpha value is -2.15.